The number of hydrogen-bond acceptors (Lipinski definition) is 4. The third kappa shape index (κ3) is 17.9. The zero-order valence-electron chi connectivity index (χ0n) is 14.5. The highest BCUT2D eigenvalue weighted by Gasteiger charge is 1.97. The van der Waals surface area contributed by atoms with Crippen LogP contribution in [0.1, 0.15) is 27.2 Å². The normalized spacial score (nSPS) is 11.4. The van der Waals surface area contributed by atoms with Crippen LogP contribution in [0.2, 0.25) is 0 Å². The predicted octanol–water partition coefficient (Wildman–Crippen LogP) is 1.89. The Morgan fingerprint density at radius 2 is 1.82 bits per heavy atom. The molecule has 0 heterocycles. The van der Waals surface area contributed by atoms with Gasteiger partial charge in [-0.1, -0.05) is 13.8 Å². The van der Waals surface area contributed by atoms with Gasteiger partial charge >= 0.3 is 0 Å². The minimum atomic E-state index is 0. The number of methoxy groups -OCH3 is 1. The van der Waals surface area contributed by atoms with E-state index in [0.29, 0.717) is 25.7 Å². The summed E-state index contributed by atoms with van der Waals surface area (Å²) in [5, 5.41) is 6.45. The van der Waals surface area contributed by atoms with E-state index in [-0.39, 0.29) is 24.0 Å². The topological polar surface area (TPSA) is 64.1 Å². The van der Waals surface area contributed by atoms with Crippen molar-refractivity contribution in [2.45, 2.75) is 27.2 Å². The minimum absolute atomic E-state index is 0. The molecule has 0 bridgehead atoms. The zero-order valence-corrected chi connectivity index (χ0v) is 16.9. The molecular weight excluding hydrogens is 397 g/mol. The Bertz CT molecular complexity index is 254. The van der Waals surface area contributed by atoms with Crippen LogP contribution in [-0.4, -0.2) is 65.7 Å². The summed E-state index contributed by atoms with van der Waals surface area (Å²) in [6.45, 7) is 12.2. The Morgan fingerprint density at radius 1 is 1.05 bits per heavy atom. The Balaban J connectivity index is 0. The van der Waals surface area contributed by atoms with Gasteiger partial charge in [-0.15, -0.1) is 24.0 Å². The fraction of sp³-hybridized carbons (Fsp3) is 0.933. The summed E-state index contributed by atoms with van der Waals surface area (Å²) < 4.78 is 15.8. The summed E-state index contributed by atoms with van der Waals surface area (Å²) in [6.07, 6.45) is 0.938. The Kier molecular flexibility index (Phi) is 20.8. The lowest BCUT2D eigenvalue weighted by Crippen LogP contribution is -2.39. The molecule has 134 valence electrons. The van der Waals surface area contributed by atoms with Crippen LogP contribution >= 0.6 is 24.0 Å². The number of halogens is 1. The fourth-order valence-corrected chi connectivity index (χ4v) is 1.50. The summed E-state index contributed by atoms with van der Waals surface area (Å²) in [4.78, 5) is 4.50. The molecule has 0 unspecified atom stereocenters. The van der Waals surface area contributed by atoms with Crippen LogP contribution in [0.15, 0.2) is 4.99 Å². The van der Waals surface area contributed by atoms with Crippen LogP contribution in [-0.2, 0) is 14.2 Å². The molecule has 0 aromatic rings. The first kappa shape index (κ1) is 24.1. The molecule has 0 radical (unpaired) electrons. The maximum atomic E-state index is 5.53. The van der Waals surface area contributed by atoms with Crippen molar-refractivity contribution in [3.8, 4) is 0 Å². The van der Waals surface area contributed by atoms with Gasteiger partial charge in [-0.25, -0.2) is 0 Å². The van der Waals surface area contributed by atoms with Crippen molar-refractivity contribution in [3.63, 3.8) is 0 Å². The lowest BCUT2D eigenvalue weighted by Gasteiger charge is -2.11. The summed E-state index contributed by atoms with van der Waals surface area (Å²) >= 11 is 0. The van der Waals surface area contributed by atoms with E-state index in [1.165, 1.54) is 0 Å². The molecule has 22 heavy (non-hydrogen) atoms. The third-order valence-corrected chi connectivity index (χ3v) is 2.48. The quantitative estimate of drug-likeness (QED) is 0.202. The molecule has 0 fully saturated rings. The van der Waals surface area contributed by atoms with Gasteiger partial charge in [0, 0.05) is 40.0 Å². The second kappa shape index (κ2) is 18.9. The van der Waals surface area contributed by atoms with Crippen molar-refractivity contribution in [2.75, 3.05) is 59.8 Å². The van der Waals surface area contributed by atoms with Gasteiger partial charge in [-0.2, -0.15) is 0 Å². The first-order valence-corrected chi connectivity index (χ1v) is 7.87. The van der Waals surface area contributed by atoms with E-state index < -0.39 is 0 Å². The highest BCUT2D eigenvalue weighted by molar-refractivity contribution is 14.0. The molecule has 0 saturated heterocycles. The molecule has 0 aromatic heterocycles. The van der Waals surface area contributed by atoms with E-state index in [0.717, 1.165) is 45.2 Å². The average Bonchev–Trinajstić information content (AvgIpc) is 2.45. The maximum absolute atomic E-state index is 5.53. The second-order valence-corrected chi connectivity index (χ2v) is 5.11. The zero-order chi connectivity index (χ0) is 15.8. The molecule has 2 N–H and O–H groups in total. The van der Waals surface area contributed by atoms with Crippen molar-refractivity contribution < 1.29 is 14.2 Å². The molecule has 0 amide bonds. The average molecular weight is 431 g/mol. The number of nitrogens with one attached hydrogen (secondary N) is 2. The van der Waals surface area contributed by atoms with E-state index in [2.05, 4.69) is 36.4 Å². The van der Waals surface area contributed by atoms with Gasteiger partial charge in [0.25, 0.3) is 0 Å². The van der Waals surface area contributed by atoms with Crippen molar-refractivity contribution in [2.24, 2.45) is 10.9 Å². The maximum Gasteiger partial charge on any atom is 0.191 e. The van der Waals surface area contributed by atoms with Gasteiger partial charge in [0.2, 0.25) is 0 Å². The van der Waals surface area contributed by atoms with Crippen molar-refractivity contribution in [1.82, 2.24) is 10.6 Å². The molecule has 0 aliphatic rings. The highest BCUT2D eigenvalue weighted by atomic mass is 127. The van der Waals surface area contributed by atoms with Crippen molar-refractivity contribution >= 4 is 29.9 Å². The van der Waals surface area contributed by atoms with Crippen LogP contribution in [0.4, 0.5) is 0 Å². The molecule has 6 nitrogen and oxygen atoms in total. The summed E-state index contributed by atoms with van der Waals surface area (Å²) in [6, 6.07) is 0. The summed E-state index contributed by atoms with van der Waals surface area (Å²) in [7, 11) is 1.67. The van der Waals surface area contributed by atoms with E-state index in [9.17, 15) is 0 Å². The third-order valence-electron chi connectivity index (χ3n) is 2.48. The van der Waals surface area contributed by atoms with Gasteiger partial charge in [0.05, 0.1) is 19.8 Å². The van der Waals surface area contributed by atoms with E-state index in [1.54, 1.807) is 7.11 Å². The standard InChI is InChI=1S/C15H33N3O3.HI/c1-5-16-15(18-8-10-20-12-11-19-4)17-7-6-9-21-13-14(2)3;/h14H,5-13H2,1-4H3,(H2,16,17,18);1H. The Labute approximate surface area is 152 Å². The molecule has 0 saturated carbocycles. The summed E-state index contributed by atoms with van der Waals surface area (Å²) in [5.74, 6) is 1.42. The Hall–Kier alpha value is -0.120. The lowest BCUT2D eigenvalue weighted by atomic mass is 10.2. The molecule has 0 rings (SSSR count). The van der Waals surface area contributed by atoms with Gasteiger partial charge in [0.15, 0.2) is 5.96 Å². The van der Waals surface area contributed by atoms with Crippen LogP contribution in [0, 0.1) is 5.92 Å². The number of hydrogen-bond donors (Lipinski definition) is 2. The van der Waals surface area contributed by atoms with Crippen LogP contribution in [0.3, 0.4) is 0 Å². The van der Waals surface area contributed by atoms with E-state index >= 15 is 0 Å². The number of nitrogens with zero attached hydrogens (tertiary/aromatic N) is 1. The largest absolute Gasteiger partial charge is 0.382 e. The second-order valence-electron chi connectivity index (χ2n) is 5.11. The van der Waals surface area contributed by atoms with Crippen LogP contribution < -0.4 is 10.6 Å². The summed E-state index contributed by atoms with van der Waals surface area (Å²) in [5.41, 5.74) is 0. The van der Waals surface area contributed by atoms with Crippen LogP contribution in [0.5, 0.6) is 0 Å². The smallest absolute Gasteiger partial charge is 0.191 e. The number of ether oxygens (including phenoxy) is 3. The van der Waals surface area contributed by atoms with Gasteiger partial charge < -0.3 is 24.8 Å². The van der Waals surface area contributed by atoms with Crippen molar-refractivity contribution in [1.29, 1.82) is 0 Å². The number of rotatable bonds is 13. The highest BCUT2D eigenvalue weighted by Crippen LogP contribution is 1.93. The molecule has 7 heteroatoms. The minimum Gasteiger partial charge on any atom is -0.382 e. The monoisotopic (exact) mass is 431 g/mol. The molecule has 0 atom stereocenters. The molecular formula is C15H34IN3O3. The molecule has 0 aliphatic carbocycles. The molecule has 0 aromatic carbocycles. The fourth-order valence-electron chi connectivity index (χ4n) is 1.50. The van der Waals surface area contributed by atoms with Gasteiger partial charge in [-0.3, -0.25) is 4.99 Å². The first-order valence-electron chi connectivity index (χ1n) is 7.87. The lowest BCUT2D eigenvalue weighted by molar-refractivity contribution is 0.0733. The number of guanidine groups is 1. The van der Waals surface area contributed by atoms with Gasteiger partial charge in [-0.05, 0) is 19.3 Å². The SMILES string of the molecule is CCNC(=NCCCOCC(C)C)NCCOCCOC.I. The Morgan fingerprint density at radius 3 is 2.45 bits per heavy atom. The van der Waals surface area contributed by atoms with Crippen LogP contribution in [0.25, 0.3) is 0 Å². The van der Waals surface area contributed by atoms with E-state index in [4.69, 9.17) is 14.2 Å². The number of aliphatic imine (C=N–C) groups is 1. The van der Waals surface area contributed by atoms with Crippen molar-refractivity contribution in [3.05, 3.63) is 0 Å². The molecule has 0 spiro atoms. The first-order chi connectivity index (χ1) is 10.2. The van der Waals surface area contributed by atoms with E-state index in [1.807, 2.05) is 0 Å². The molecule has 0 aliphatic heterocycles. The predicted molar refractivity (Wildman–Crippen MR) is 102 cm³/mol. The van der Waals surface area contributed by atoms with Gasteiger partial charge in [0.1, 0.15) is 0 Å².